The Hall–Kier alpha value is -2.97. The number of nitrogens with two attached hydrogens (primary N) is 1. The van der Waals surface area contributed by atoms with Crippen LogP contribution in [0.1, 0.15) is 5.56 Å². The van der Waals surface area contributed by atoms with Gasteiger partial charge in [-0.25, -0.2) is 0 Å². The third-order valence-corrected chi connectivity index (χ3v) is 2.59. The van der Waals surface area contributed by atoms with E-state index in [4.69, 9.17) is 10.5 Å². The fourth-order valence-electron chi connectivity index (χ4n) is 1.57. The van der Waals surface area contributed by atoms with Crippen LogP contribution in [-0.4, -0.2) is 34.0 Å². The highest BCUT2D eigenvalue weighted by Gasteiger charge is 2.12. The summed E-state index contributed by atoms with van der Waals surface area (Å²) >= 11 is 0. The number of nitrogens with zero attached hydrogens (tertiary/aromatic N) is 5. The lowest BCUT2D eigenvalue weighted by Gasteiger charge is -2.12. The van der Waals surface area contributed by atoms with Crippen molar-refractivity contribution in [3.63, 3.8) is 0 Å². The first-order chi connectivity index (χ1) is 9.86. The standard InChI is InChI=1S/C12H14N6O3/c1-7-6-8(18(19)20)4-5-9(7)21-12-15-10(13)14-11(16-12)17(2)3/h4-6H,1-3H3,(H2,13,14,15,16). The van der Waals surface area contributed by atoms with E-state index in [0.29, 0.717) is 17.3 Å². The third-order valence-electron chi connectivity index (χ3n) is 2.59. The van der Waals surface area contributed by atoms with Crippen LogP contribution in [0.3, 0.4) is 0 Å². The number of anilines is 2. The van der Waals surface area contributed by atoms with Crippen molar-refractivity contribution in [2.75, 3.05) is 24.7 Å². The van der Waals surface area contributed by atoms with Gasteiger partial charge >= 0.3 is 6.01 Å². The van der Waals surface area contributed by atoms with Crippen molar-refractivity contribution in [1.29, 1.82) is 0 Å². The lowest BCUT2D eigenvalue weighted by Crippen LogP contribution is -2.15. The molecule has 0 aliphatic carbocycles. The second-order valence-electron chi connectivity index (χ2n) is 4.48. The van der Waals surface area contributed by atoms with Crippen LogP contribution in [0.5, 0.6) is 11.8 Å². The summed E-state index contributed by atoms with van der Waals surface area (Å²) in [5, 5.41) is 10.7. The Labute approximate surface area is 120 Å². The van der Waals surface area contributed by atoms with E-state index in [1.54, 1.807) is 25.9 Å². The smallest absolute Gasteiger partial charge is 0.328 e. The molecule has 0 aliphatic heterocycles. The van der Waals surface area contributed by atoms with Crippen LogP contribution in [0.4, 0.5) is 17.6 Å². The molecule has 2 N–H and O–H groups in total. The molecular formula is C12H14N6O3. The Morgan fingerprint density at radius 2 is 2.00 bits per heavy atom. The Kier molecular flexibility index (Phi) is 3.83. The zero-order valence-electron chi connectivity index (χ0n) is 11.8. The van der Waals surface area contributed by atoms with Gasteiger partial charge in [0.2, 0.25) is 11.9 Å². The predicted molar refractivity (Wildman–Crippen MR) is 76.5 cm³/mol. The molecule has 110 valence electrons. The molecule has 9 nitrogen and oxygen atoms in total. The number of ether oxygens (including phenoxy) is 1. The van der Waals surface area contributed by atoms with Gasteiger partial charge < -0.3 is 15.4 Å². The summed E-state index contributed by atoms with van der Waals surface area (Å²) in [6, 6.07) is 4.28. The van der Waals surface area contributed by atoms with Crippen LogP contribution < -0.4 is 15.4 Å². The third kappa shape index (κ3) is 3.32. The SMILES string of the molecule is Cc1cc([N+](=O)[O-])ccc1Oc1nc(N)nc(N(C)C)n1. The number of aromatic nitrogens is 3. The minimum atomic E-state index is -0.470. The summed E-state index contributed by atoms with van der Waals surface area (Å²) in [7, 11) is 3.52. The molecule has 0 amide bonds. The highest BCUT2D eigenvalue weighted by molar-refractivity contribution is 5.44. The molecule has 0 saturated heterocycles. The number of hydrogen-bond acceptors (Lipinski definition) is 8. The normalized spacial score (nSPS) is 10.2. The number of rotatable bonds is 4. The Balaban J connectivity index is 2.32. The zero-order chi connectivity index (χ0) is 15.6. The van der Waals surface area contributed by atoms with Gasteiger partial charge in [0.25, 0.3) is 5.69 Å². The average molecular weight is 290 g/mol. The summed E-state index contributed by atoms with van der Waals surface area (Å²) in [5.41, 5.74) is 6.18. The van der Waals surface area contributed by atoms with Gasteiger partial charge in [-0.1, -0.05) is 0 Å². The molecule has 21 heavy (non-hydrogen) atoms. The van der Waals surface area contributed by atoms with Crippen LogP contribution in [0.25, 0.3) is 0 Å². The molecule has 0 spiro atoms. The highest BCUT2D eigenvalue weighted by Crippen LogP contribution is 2.27. The fraction of sp³-hybridized carbons (Fsp3) is 0.250. The van der Waals surface area contributed by atoms with Crippen LogP contribution in [0.2, 0.25) is 0 Å². The maximum absolute atomic E-state index is 10.7. The molecule has 0 fully saturated rings. The predicted octanol–water partition coefficient (Wildman–Crippen LogP) is 1.53. The molecule has 2 rings (SSSR count). The van der Waals surface area contributed by atoms with Crippen molar-refractivity contribution in [2.45, 2.75) is 6.92 Å². The molecule has 0 unspecified atom stereocenters. The molecule has 1 heterocycles. The van der Waals surface area contributed by atoms with Gasteiger partial charge in [-0.15, -0.1) is 0 Å². The first-order valence-corrected chi connectivity index (χ1v) is 5.98. The Morgan fingerprint density at radius 1 is 1.29 bits per heavy atom. The summed E-state index contributed by atoms with van der Waals surface area (Å²) in [6.07, 6.45) is 0. The zero-order valence-corrected chi connectivity index (χ0v) is 11.8. The number of nitro benzene ring substituents is 1. The van der Waals surface area contributed by atoms with Gasteiger partial charge in [-0.2, -0.15) is 15.0 Å². The summed E-state index contributed by atoms with van der Waals surface area (Å²) < 4.78 is 5.52. The molecule has 1 aromatic carbocycles. The van der Waals surface area contributed by atoms with Gasteiger partial charge in [0.1, 0.15) is 5.75 Å². The van der Waals surface area contributed by atoms with E-state index in [1.807, 2.05) is 0 Å². The maximum atomic E-state index is 10.7. The molecule has 2 aromatic rings. The molecule has 0 bridgehead atoms. The average Bonchev–Trinajstić information content (AvgIpc) is 2.40. The molecule has 0 radical (unpaired) electrons. The van der Waals surface area contributed by atoms with Crippen molar-refractivity contribution in [1.82, 2.24) is 15.0 Å². The van der Waals surface area contributed by atoms with Crippen molar-refractivity contribution in [3.05, 3.63) is 33.9 Å². The van der Waals surface area contributed by atoms with Gasteiger partial charge in [0.15, 0.2) is 0 Å². The number of benzene rings is 1. The van der Waals surface area contributed by atoms with Gasteiger partial charge in [-0.05, 0) is 18.6 Å². The second kappa shape index (κ2) is 5.57. The largest absolute Gasteiger partial charge is 0.424 e. The van der Waals surface area contributed by atoms with E-state index in [2.05, 4.69) is 15.0 Å². The Bertz CT molecular complexity index is 689. The van der Waals surface area contributed by atoms with Crippen LogP contribution in [0.15, 0.2) is 18.2 Å². The Morgan fingerprint density at radius 3 is 2.57 bits per heavy atom. The lowest BCUT2D eigenvalue weighted by molar-refractivity contribution is -0.384. The molecule has 0 atom stereocenters. The summed E-state index contributed by atoms with van der Waals surface area (Å²) in [5.74, 6) is 0.802. The van der Waals surface area contributed by atoms with Crippen molar-refractivity contribution in [2.24, 2.45) is 0 Å². The van der Waals surface area contributed by atoms with E-state index < -0.39 is 4.92 Å². The van der Waals surface area contributed by atoms with E-state index in [0.717, 1.165) is 0 Å². The van der Waals surface area contributed by atoms with Gasteiger partial charge in [0.05, 0.1) is 4.92 Å². The van der Waals surface area contributed by atoms with Crippen molar-refractivity contribution < 1.29 is 9.66 Å². The molecular weight excluding hydrogens is 276 g/mol. The number of nitro groups is 1. The number of non-ortho nitro benzene ring substituents is 1. The van der Waals surface area contributed by atoms with E-state index in [-0.39, 0.29) is 17.6 Å². The fourth-order valence-corrected chi connectivity index (χ4v) is 1.57. The van der Waals surface area contributed by atoms with E-state index in [1.165, 1.54) is 18.2 Å². The van der Waals surface area contributed by atoms with Crippen molar-refractivity contribution in [3.8, 4) is 11.8 Å². The highest BCUT2D eigenvalue weighted by atomic mass is 16.6. The van der Waals surface area contributed by atoms with Gasteiger partial charge in [0, 0.05) is 26.2 Å². The van der Waals surface area contributed by atoms with Crippen LogP contribution in [0, 0.1) is 17.0 Å². The summed E-state index contributed by atoms with van der Waals surface area (Å²) in [4.78, 5) is 23.8. The van der Waals surface area contributed by atoms with Crippen LogP contribution in [-0.2, 0) is 0 Å². The minimum Gasteiger partial charge on any atom is -0.424 e. The first-order valence-electron chi connectivity index (χ1n) is 5.98. The maximum Gasteiger partial charge on any atom is 0.328 e. The van der Waals surface area contributed by atoms with E-state index >= 15 is 0 Å². The quantitative estimate of drug-likeness (QED) is 0.664. The lowest BCUT2D eigenvalue weighted by atomic mass is 10.2. The molecule has 0 saturated carbocycles. The topological polar surface area (TPSA) is 120 Å². The molecule has 0 aliphatic rings. The number of hydrogen-bond donors (Lipinski definition) is 1. The van der Waals surface area contributed by atoms with Gasteiger partial charge in [-0.3, -0.25) is 10.1 Å². The summed E-state index contributed by atoms with van der Waals surface area (Å²) in [6.45, 7) is 1.69. The number of aryl methyl sites for hydroxylation is 1. The van der Waals surface area contributed by atoms with E-state index in [9.17, 15) is 10.1 Å². The molecule has 1 aromatic heterocycles. The number of nitrogen functional groups attached to an aromatic ring is 1. The second-order valence-corrected chi connectivity index (χ2v) is 4.48. The minimum absolute atomic E-state index is 0.0102. The first kappa shape index (κ1) is 14.4. The monoisotopic (exact) mass is 290 g/mol. The van der Waals surface area contributed by atoms with Crippen LogP contribution >= 0.6 is 0 Å². The molecule has 9 heteroatoms. The van der Waals surface area contributed by atoms with Crippen molar-refractivity contribution >= 4 is 17.6 Å².